The maximum Gasteiger partial charge on any atom is 0.416 e. The molecule has 2 aromatic carbocycles. The van der Waals surface area contributed by atoms with Crippen LogP contribution in [0.2, 0.25) is 0 Å². The Labute approximate surface area is 103 Å². The van der Waals surface area contributed by atoms with E-state index >= 15 is 0 Å². The normalized spacial score (nSPS) is 11.6. The lowest BCUT2D eigenvalue weighted by molar-refractivity contribution is -0.137. The van der Waals surface area contributed by atoms with Crippen molar-refractivity contribution in [3.63, 3.8) is 0 Å². The first-order chi connectivity index (χ1) is 8.52. The summed E-state index contributed by atoms with van der Waals surface area (Å²) in [4.78, 5) is 0. The molecule has 0 amide bonds. The maximum atomic E-state index is 12.4. The molecule has 0 spiro atoms. The summed E-state index contributed by atoms with van der Waals surface area (Å²) >= 11 is 0. The number of aliphatic hydroxyl groups excluding tert-OH is 1. The van der Waals surface area contributed by atoms with Crippen molar-refractivity contribution >= 4 is 0 Å². The standard InChI is InChI=1S/C14H11F3O/c15-14(16,17)12-7-5-10(6-8-12)13-4-2-1-3-11(13)9-18/h1-8,18H,9H2. The molecule has 1 nitrogen and oxygen atoms in total. The largest absolute Gasteiger partial charge is 0.416 e. The van der Waals surface area contributed by atoms with E-state index in [4.69, 9.17) is 0 Å². The summed E-state index contributed by atoms with van der Waals surface area (Å²) in [6.45, 7) is -0.142. The summed E-state index contributed by atoms with van der Waals surface area (Å²) in [6.07, 6.45) is -4.32. The predicted octanol–water partition coefficient (Wildman–Crippen LogP) is 3.86. The molecule has 0 atom stereocenters. The molecule has 2 rings (SSSR count). The summed E-state index contributed by atoms with van der Waals surface area (Å²) in [5.74, 6) is 0. The summed E-state index contributed by atoms with van der Waals surface area (Å²) in [5.41, 5.74) is 1.42. The van der Waals surface area contributed by atoms with Gasteiger partial charge in [0.1, 0.15) is 0 Å². The van der Waals surface area contributed by atoms with E-state index in [1.54, 1.807) is 24.3 Å². The van der Waals surface area contributed by atoms with E-state index in [1.807, 2.05) is 0 Å². The highest BCUT2D eigenvalue weighted by Gasteiger charge is 2.29. The third kappa shape index (κ3) is 2.54. The first-order valence-electron chi connectivity index (χ1n) is 5.39. The van der Waals surface area contributed by atoms with Gasteiger partial charge in [0.05, 0.1) is 12.2 Å². The molecule has 94 valence electrons. The van der Waals surface area contributed by atoms with Gasteiger partial charge in [-0.2, -0.15) is 13.2 Å². The summed E-state index contributed by atoms with van der Waals surface area (Å²) in [7, 11) is 0. The van der Waals surface area contributed by atoms with Gasteiger partial charge < -0.3 is 5.11 Å². The SMILES string of the molecule is OCc1ccccc1-c1ccc(C(F)(F)F)cc1. The minimum Gasteiger partial charge on any atom is -0.392 e. The maximum absolute atomic E-state index is 12.4. The Balaban J connectivity index is 2.41. The molecule has 0 fully saturated rings. The first kappa shape index (κ1) is 12.6. The Kier molecular flexibility index (Phi) is 3.39. The number of benzene rings is 2. The van der Waals surface area contributed by atoms with Crippen molar-refractivity contribution in [2.24, 2.45) is 0 Å². The third-order valence-electron chi connectivity index (χ3n) is 2.71. The summed E-state index contributed by atoms with van der Waals surface area (Å²) in [6, 6.07) is 12.0. The van der Waals surface area contributed by atoms with Gasteiger partial charge >= 0.3 is 6.18 Å². The monoisotopic (exact) mass is 252 g/mol. The van der Waals surface area contributed by atoms with Crippen LogP contribution >= 0.6 is 0 Å². The minimum absolute atomic E-state index is 0.142. The fourth-order valence-corrected chi connectivity index (χ4v) is 1.78. The van der Waals surface area contributed by atoms with Crippen LogP contribution < -0.4 is 0 Å². The molecule has 0 bridgehead atoms. The van der Waals surface area contributed by atoms with Crippen LogP contribution in [0.25, 0.3) is 11.1 Å². The second-order valence-corrected chi connectivity index (χ2v) is 3.89. The molecule has 0 saturated carbocycles. The molecule has 4 heteroatoms. The average molecular weight is 252 g/mol. The van der Waals surface area contributed by atoms with Crippen molar-refractivity contribution < 1.29 is 18.3 Å². The first-order valence-corrected chi connectivity index (χ1v) is 5.39. The van der Waals surface area contributed by atoms with Crippen LogP contribution in [0.1, 0.15) is 11.1 Å². The minimum atomic E-state index is -4.32. The molecule has 0 aliphatic carbocycles. The molecule has 0 unspecified atom stereocenters. The Morgan fingerprint density at radius 2 is 1.50 bits per heavy atom. The van der Waals surface area contributed by atoms with Gasteiger partial charge in [-0.25, -0.2) is 0 Å². The quantitative estimate of drug-likeness (QED) is 0.860. The van der Waals surface area contributed by atoms with Crippen LogP contribution in [0.15, 0.2) is 48.5 Å². The van der Waals surface area contributed by atoms with Crippen molar-refractivity contribution in [3.05, 3.63) is 59.7 Å². The van der Waals surface area contributed by atoms with Crippen LogP contribution in [-0.4, -0.2) is 5.11 Å². The smallest absolute Gasteiger partial charge is 0.392 e. The number of hydrogen-bond acceptors (Lipinski definition) is 1. The number of rotatable bonds is 2. The molecule has 0 heterocycles. The van der Waals surface area contributed by atoms with E-state index in [2.05, 4.69) is 0 Å². The van der Waals surface area contributed by atoms with Crippen LogP contribution in [0, 0.1) is 0 Å². The average Bonchev–Trinajstić information content (AvgIpc) is 2.38. The van der Waals surface area contributed by atoms with Gasteiger partial charge in [0.25, 0.3) is 0 Å². The van der Waals surface area contributed by atoms with E-state index in [1.165, 1.54) is 12.1 Å². The van der Waals surface area contributed by atoms with Gasteiger partial charge in [0, 0.05) is 0 Å². The second-order valence-electron chi connectivity index (χ2n) is 3.89. The number of hydrogen-bond donors (Lipinski definition) is 1. The van der Waals surface area contributed by atoms with Gasteiger partial charge in [0.2, 0.25) is 0 Å². The van der Waals surface area contributed by atoms with E-state index in [9.17, 15) is 18.3 Å². The molecule has 0 aliphatic heterocycles. The number of aliphatic hydroxyl groups is 1. The van der Waals surface area contributed by atoms with Gasteiger partial charge in [-0.05, 0) is 28.8 Å². The van der Waals surface area contributed by atoms with Gasteiger partial charge in [-0.1, -0.05) is 36.4 Å². The Morgan fingerprint density at radius 3 is 2.06 bits per heavy atom. The fourth-order valence-electron chi connectivity index (χ4n) is 1.78. The molecule has 0 aliphatic rings. The highest BCUT2D eigenvalue weighted by atomic mass is 19.4. The second kappa shape index (κ2) is 4.82. The van der Waals surface area contributed by atoms with E-state index < -0.39 is 11.7 Å². The molecule has 0 aromatic heterocycles. The lowest BCUT2D eigenvalue weighted by Gasteiger charge is -2.10. The van der Waals surface area contributed by atoms with Crippen LogP contribution in [0.5, 0.6) is 0 Å². The van der Waals surface area contributed by atoms with Gasteiger partial charge in [-0.15, -0.1) is 0 Å². The molecule has 1 N–H and O–H groups in total. The van der Waals surface area contributed by atoms with Gasteiger partial charge in [0.15, 0.2) is 0 Å². The summed E-state index contributed by atoms with van der Waals surface area (Å²) < 4.78 is 37.3. The Hall–Kier alpha value is -1.81. The molecular weight excluding hydrogens is 241 g/mol. The Morgan fingerprint density at radius 1 is 0.889 bits per heavy atom. The van der Waals surface area contributed by atoms with Crippen molar-refractivity contribution in [2.45, 2.75) is 12.8 Å². The van der Waals surface area contributed by atoms with Crippen molar-refractivity contribution in [1.82, 2.24) is 0 Å². The van der Waals surface area contributed by atoms with Crippen molar-refractivity contribution in [3.8, 4) is 11.1 Å². The lowest BCUT2D eigenvalue weighted by Crippen LogP contribution is -2.04. The molecule has 0 saturated heterocycles. The highest BCUT2D eigenvalue weighted by molar-refractivity contribution is 5.67. The van der Waals surface area contributed by atoms with Gasteiger partial charge in [-0.3, -0.25) is 0 Å². The molecule has 18 heavy (non-hydrogen) atoms. The molecule has 0 radical (unpaired) electrons. The van der Waals surface area contributed by atoms with E-state index in [0.29, 0.717) is 11.1 Å². The van der Waals surface area contributed by atoms with Crippen molar-refractivity contribution in [1.29, 1.82) is 0 Å². The highest BCUT2D eigenvalue weighted by Crippen LogP contribution is 2.31. The zero-order chi connectivity index (χ0) is 13.2. The fraction of sp³-hybridized carbons (Fsp3) is 0.143. The lowest BCUT2D eigenvalue weighted by atomic mass is 9.99. The zero-order valence-corrected chi connectivity index (χ0v) is 9.41. The van der Waals surface area contributed by atoms with Crippen LogP contribution in [0.3, 0.4) is 0 Å². The third-order valence-corrected chi connectivity index (χ3v) is 2.71. The van der Waals surface area contributed by atoms with E-state index in [0.717, 1.165) is 17.7 Å². The number of halogens is 3. The Bertz CT molecular complexity index is 529. The number of alkyl halides is 3. The van der Waals surface area contributed by atoms with E-state index in [-0.39, 0.29) is 6.61 Å². The van der Waals surface area contributed by atoms with Crippen molar-refractivity contribution in [2.75, 3.05) is 0 Å². The molecular formula is C14H11F3O. The molecule has 2 aromatic rings. The topological polar surface area (TPSA) is 20.2 Å². The predicted molar refractivity (Wildman–Crippen MR) is 62.8 cm³/mol. The zero-order valence-electron chi connectivity index (χ0n) is 9.41. The summed E-state index contributed by atoms with van der Waals surface area (Å²) in [5, 5.41) is 9.18. The van der Waals surface area contributed by atoms with Crippen LogP contribution in [-0.2, 0) is 12.8 Å². The van der Waals surface area contributed by atoms with Crippen LogP contribution in [0.4, 0.5) is 13.2 Å².